The third-order valence-corrected chi connectivity index (χ3v) is 2.12. The summed E-state index contributed by atoms with van der Waals surface area (Å²) in [4.78, 5) is 8.09. The Morgan fingerprint density at radius 3 is 3.00 bits per heavy atom. The van der Waals surface area contributed by atoms with Crippen molar-refractivity contribution in [2.75, 3.05) is 18.5 Å². The maximum Gasteiger partial charge on any atom is 0.218 e. The summed E-state index contributed by atoms with van der Waals surface area (Å²) in [5.74, 6) is 1.33. The Morgan fingerprint density at radius 2 is 2.31 bits per heavy atom. The molecule has 5 heteroatoms. The highest BCUT2D eigenvalue weighted by Gasteiger charge is 2.04. The van der Waals surface area contributed by atoms with Crippen LogP contribution in [-0.2, 0) is 0 Å². The first kappa shape index (κ1) is 12.7. The number of nitrogens with one attached hydrogen (secondary N) is 1. The Bertz CT molecular complexity index is 307. The van der Waals surface area contributed by atoms with Crippen molar-refractivity contribution in [3.63, 3.8) is 0 Å². The van der Waals surface area contributed by atoms with E-state index in [0.717, 1.165) is 18.7 Å². The van der Waals surface area contributed by atoms with Crippen molar-refractivity contribution in [2.45, 2.75) is 32.7 Å². The Morgan fingerprint density at radius 1 is 1.50 bits per heavy atom. The molecule has 0 bridgehead atoms. The highest BCUT2D eigenvalue weighted by Crippen LogP contribution is 2.12. The van der Waals surface area contributed by atoms with Gasteiger partial charge in [0.1, 0.15) is 12.1 Å². The smallest absolute Gasteiger partial charge is 0.218 e. The van der Waals surface area contributed by atoms with Crippen LogP contribution in [0.4, 0.5) is 5.82 Å². The molecule has 0 aliphatic heterocycles. The molecule has 0 fully saturated rings. The van der Waals surface area contributed by atoms with Gasteiger partial charge in [0.15, 0.2) is 0 Å². The van der Waals surface area contributed by atoms with Crippen molar-refractivity contribution in [2.24, 2.45) is 0 Å². The highest BCUT2D eigenvalue weighted by molar-refractivity contribution is 5.37. The van der Waals surface area contributed by atoms with E-state index in [1.54, 1.807) is 6.07 Å². The van der Waals surface area contributed by atoms with E-state index in [9.17, 15) is 0 Å². The summed E-state index contributed by atoms with van der Waals surface area (Å²) >= 11 is 0. The van der Waals surface area contributed by atoms with Crippen LogP contribution >= 0.6 is 0 Å². The first-order valence-corrected chi connectivity index (χ1v) is 5.58. The van der Waals surface area contributed by atoms with Gasteiger partial charge in [0.2, 0.25) is 5.88 Å². The van der Waals surface area contributed by atoms with Crippen molar-refractivity contribution in [3.8, 4) is 5.88 Å². The van der Waals surface area contributed by atoms with E-state index in [-0.39, 0.29) is 12.6 Å². The molecule has 90 valence electrons. The van der Waals surface area contributed by atoms with E-state index < -0.39 is 0 Å². The lowest BCUT2D eigenvalue weighted by molar-refractivity contribution is 0.282. The molecular weight excluding hydrogens is 206 g/mol. The van der Waals surface area contributed by atoms with E-state index in [1.807, 2.05) is 6.92 Å². The average Bonchev–Trinajstić information content (AvgIpc) is 2.27. The van der Waals surface area contributed by atoms with Crippen LogP contribution in [0.1, 0.15) is 26.7 Å². The number of nitrogens with zero attached hydrogens (tertiary/aromatic N) is 2. The number of hydrogen-bond acceptors (Lipinski definition) is 5. The molecule has 16 heavy (non-hydrogen) atoms. The second-order valence-corrected chi connectivity index (χ2v) is 3.59. The fraction of sp³-hybridized carbons (Fsp3) is 0.636. The first-order valence-electron chi connectivity index (χ1n) is 5.58. The minimum atomic E-state index is 0.222. The third-order valence-electron chi connectivity index (χ3n) is 2.12. The van der Waals surface area contributed by atoms with Crippen LogP contribution in [0.5, 0.6) is 5.88 Å². The minimum absolute atomic E-state index is 0.222. The maximum absolute atomic E-state index is 8.72. The maximum atomic E-state index is 8.72. The second-order valence-electron chi connectivity index (χ2n) is 3.59. The molecular formula is C11H19N3O2. The molecule has 0 saturated carbocycles. The zero-order chi connectivity index (χ0) is 11.8. The Labute approximate surface area is 95.9 Å². The summed E-state index contributed by atoms with van der Waals surface area (Å²) in [5.41, 5.74) is 0. The number of rotatable bonds is 7. The van der Waals surface area contributed by atoms with Crippen LogP contribution in [0.15, 0.2) is 12.4 Å². The lowest BCUT2D eigenvalue weighted by Gasteiger charge is -2.13. The summed E-state index contributed by atoms with van der Waals surface area (Å²) < 4.78 is 5.28. The molecule has 1 aromatic heterocycles. The molecule has 0 aliphatic carbocycles. The lowest BCUT2D eigenvalue weighted by atomic mass is 10.2. The molecule has 1 rings (SSSR count). The van der Waals surface area contributed by atoms with E-state index in [4.69, 9.17) is 9.84 Å². The van der Waals surface area contributed by atoms with Gasteiger partial charge in [0, 0.05) is 18.7 Å². The monoisotopic (exact) mass is 225 g/mol. The number of hydrogen-bond donors (Lipinski definition) is 2. The van der Waals surface area contributed by atoms with E-state index >= 15 is 0 Å². The number of ether oxygens (including phenoxy) is 1. The molecule has 0 spiro atoms. The molecule has 1 unspecified atom stereocenters. The van der Waals surface area contributed by atoms with E-state index in [0.29, 0.717) is 12.5 Å². The molecule has 0 radical (unpaired) electrons. The van der Waals surface area contributed by atoms with Gasteiger partial charge in [0.05, 0.1) is 6.61 Å². The standard InChI is InChI=1S/C11H19N3O2/c1-3-16-11-7-10(12-8-13-11)14-9(2)5-4-6-15/h7-9,15H,3-6H2,1-2H3,(H,12,13,14). The van der Waals surface area contributed by atoms with E-state index in [2.05, 4.69) is 22.2 Å². The van der Waals surface area contributed by atoms with Gasteiger partial charge >= 0.3 is 0 Å². The second kappa shape index (κ2) is 7.00. The highest BCUT2D eigenvalue weighted by atomic mass is 16.5. The first-order chi connectivity index (χ1) is 7.76. The van der Waals surface area contributed by atoms with Gasteiger partial charge in [0.25, 0.3) is 0 Å². The number of anilines is 1. The third kappa shape index (κ3) is 4.44. The SMILES string of the molecule is CCOc1cc(NC(C)CCCO)ncn1. The van der Waals surface area contributed by atoms with E-state index in [1.165, 1.54) is 6.33 Å². The average molecular weight is 225 g/mol. The van der Waals surface area contributed by atoms with Crippen molar-refractivity contribution in [1.29, 1.82) is 0 Å². The van der Waals surface area contributed by atoms with Gasteiger partial charge in [-0.05, 0) is 26.7 Å². The zero-order valence-electron chi connectivity index (χ0n) is 9.81. The number of aliphatic hydroxyl groups is 1. The fourth-order valence-corrected chi connectivity index (χ4v) is 1.37. The fourth-order valence-electron chi connectivity index (χ4n) is 1.37. The quantitative estimate of drug-likeness (QED) is 0.735. The molecule has 2 N–H and O–H groups in total. The normalized spacial score (nSPS) is 12.2. The summed E-state index contributed by atoms with van der Waals surface area (Å²) in [6.45, 7) is 4.79. The summed E-state index contributed by atoms with van der Waals surface area (Å²) in [6.07, 6.45) is 3.17. The summed E-state index contributed by atoms with van der Waals surface area (Å²) in [5, 5.41) is 12.0. The molecule has 0 amide bonds. The van der Waals surface area contributed by atoms with Crippen LogP contribution in [0, 0.1) is 0 Å². The van der Waals surface area contributed by atoms with Gasteiger partial charge in [-0.2, -0.15) is 0 Å². The zero-order valence-corrected chi connectivity index (χ0v) is 9.81. The largest absolute Gasteiger partial charge is 0.478 e. The lowest BCUT2D eigenvalue weighted by Crippen LogP contribution is -2.16. The molecule has 0 aliphatic rings. The van der Waals surface area contributed by atoms with Gasteiger partial charge in [-0.1, -0.05) is 0 Å². The summed E-state index contributed by atoms with van der Waals surface area (Å²) in [7, 11) is 0. The van der Waals surface area contributed by atoms with Gasteiger partial charge in [-0.25, -0.2) is 9.97 Å². The van der Waals surface area contributed by atoms with Crippen LogP contribution in [0.2, 0.25) is 0 Å². The van der Waals surface area contributed by atoms with Crippen LogP contribution in [-0.4, -0.2) is 34.3 Å². The predicted octanol–water partition coefficient (Wildman–Crippen LogP) is 1.45. The Kier molecular flexibility index (Phi) is 5.56. The van der Waals surface area contributed by atoms with Gasteiger partial charge in [-0.3, -0.25) is 0 Å². The van der Waals surface area contributed by atoms with Crippen LogP contribution < -0.4 is 10.1 Å². The number of aromatic nitrogens is 2. The molecule has 0 aromatic carbocycles. The molecule has 5 nitrogen and oxygen atoms in total. The van der Waals surface area contributed by atoms with Crippen LogP contribution in [0.3, 0.4) is 0 Å². The molecule has 1 aromatic rings. The predicted molar refractivity (Wildman–Crippen MR) is 62.6 cm³/mol. The van der Waals surface area contributed by atoms with Crippen molar-refractivity contribution in [3.05, 3.63) is 12.4 Å². The molecule has 1 heterocycles. The topological polar surface area (TPSA) is 67.3 Å². The van der Waals surface area contributed by atoms with Gasteiger partial charge in [-0.15, -0.1) is 0 Å². The molecule has 1 atom stereocenters. The van der Waals surface area contributed by atoms with Crippen LogP contribution in [0.25, 0.3) is 0 Å². The summed E-state index contributed by atoms with van der Waals surface area (Å²) in [6, 6.07) is 2.05. The van der Waals surface area contributed by atoms with Crippen molar-refractivity contribution < 1.29 is 9.84 Å². The Balaban J connectivity index is 2.49. The minimum Gasteiger partial charge on any atom is -0.478 e. The Hall–Kier alpha value is -1.36. The van der Waals surface area contributed by atoms with Gasteiger partial charge < -0.3 is 15.2 Å². The van der Waals surface area contributed by atoms with Crippen molar-refractivity contribution in [1.82, 2.24) is 9.97 Å². The van der Waals surface area contributed by atoms with Crippen molar-refractivity contribution >= 4 is 5.82 Å². The number of aliphatic hydroxyl groups excluding tert-OH is 1. The molecule has 0 saturated heterocycles.